The summed E-state index contributed by atoms with van der Waals surface area (Å²) in [5.74, 6) is 3.35. The van der Waals surface area contributed by atoms with Crippen molar-refractivity contribution >= 4 is 0 Å². The zero-order chi connectivity index (χ0) is 11.3. The Balaban J connectivity index is 1.65. The Labute approximate surface area is 106 Å². The molecule has 0 spiro atoms. The zero-order valence-electron chi connectivity index (χ0n) is 11.1. The second kappa shape index (κ2) is 3.87. The van der Waals surface area contributed by atoms with Crippen molar-refractivity contribution in [1.29, 1.82) is 0 Å². The molecule has 0 unspecified atom stereocenters. The SMILES string of the molecule is C1=C(C23CC4CC(CC(C4)C2)C3)CCCCC1. The van der Waals surface area contributed by atoms with Crippen molar-refractivity contribution in [2.45, 2.75) is 70.6 Å². The van der Waals surface area contributed by atoms with Gasteiger partial charge in [-0.05, 0) is 87.4 Å². The monoisotopic (exact) mass is 230 g/mol. The molecule has 0 radical (unpaired) electrons. The van der Waals surface area contributed by atoms with Crippen molar-refractivity contribution in [1.82, 2.24) is 0 Å². The first-order chi connectivity index (χ1) is 8.34. The minimum Gasteiger partial charge on any atom is -0.0848 e. The molecule has 5 rings (SSSR count). The average Bonchev–Trinajstić information content (AvgIpc) is 2.55. The Morgan fingerprint density at radius 3 is 2.12 bits per heavy atom. The highest BCUT2D eigenvalue weighted by Crippen LogP contribution is 2.63. The van der Waals surface area contributed by atoms with Crippen LogP contribution >= 0.6 is 0 Å². The molecule has 0 heterocycles. The van der Waals surface area contributed by atoms with Crippen molar-refractivity contribution in [3.63, 3.8) is 0 Å². The molecule has 17 heavy (non-hydrogen) atoms. The second-order valence-corrected chi connectivity index (χ2v) is 7.53. The molecule has 5 aliphatic carbocycles. The standard InChI is InChI=1S/C17H26/c1-2-4-6-16(5-3-1)17-10-13-7-14(11-17)9-15(8-13)12-17/h5,13-15H,1-4,6-12H2. The fourth-order valence-corrected chi connectivity index (χ4v) is 6.00. The van der Waals surface area contributed by atoms with Crippen LogP contribution in [0.4, 0.5) is 0 Å². The van der Waals surface area contributed by atoms with E-state index in [1.54, 1.807) is 38.5 Å². The van der Waals surface area contributed by atoms with E-state index in [0.29, 0.717) is 0 Å². The number of allylic oxidation sites excluding steroid dienone is 2. The lowest BCUT2D eigenvalue weighted by Crippen LogP contribution is -2.46. The Kier molecular flexibility index (Phi) is 2.42. The second-order valence-electron chi connectivity index (χ2n) is 7.53. The van der Waals surface area contributed by atoms with Gasteiger partial charge in [-0.15, -0.1) is 0 Å². The van der Waals surface area contributed by atoms with Gasteiger partial charge in [-0.25, -0.2) is 0 Å². The molecule has 0 aromatic heterocycles. The van der Waals surface area contributed by atoms with Crippen LogP contribution in [0.15, 0.2) is 11.6 Å². The van der Waals surface area contributed by atoms with Gasteiger partial charge >= 0.3 is 0 Å². The summed E-state index contributed by atoms with van der Waals surface area (Å²) in [6.07, 6.45) is 19.4. The summed E-state index contributed by atoms with van der Waals surface area (Å²) < 4.78 is 0. The largest absolute Gasteiger partial charge is 0.0848 e. The molecule has 5 aliphatic rings. The van der Waals surface area contributed by atoms with Crippen LogP contribution < -0.4 is 0 Å². The molecular formula is C17H26. The van der Waals surface area contributed by atoms with E-state index in [1.165, 1.54) is 32.1 Å². The summed E-state index contributed by atoms with van der Waals surface area (Å²) in [5, 5.41) is 0. The van der Waals surface area contributed by atoms with Gasteiger partial charge in [0.1, 0.15) is 0 Å². The highest BCUT2D eigenvalue weighted by Gasteiger charge is 2.51. The van der Waals surface area contributed by atoms with E-state index in [0.717, 1.165) is 23.2 Å². The van der Waals surface area contributed by atoms with Gasteiger partial charge in [-0.1, -0.05) is 18.1 Å². The van der Waals surface area contributed by atoms with Crippen LogP contribution in [0, 0.1) is 23.2 Å². The topological polar surface area (TPSA) is 0 Å². The highest BCUT2D eigenvalue weighted by atomic mass is 14.6. The van der Waals surface area contributed by atoms with E-state index in [9.17, 15) is 0 Å². The fourth-order valence-electron chi connectivity index (χ4n) is 6.00. The van der Waals surface area contributed by atoms with Crippen molar-refractivity contribution < 1.29 is 0 Å². The van der Waals surface area contributed by atoms with Gasteiger partial charge in [0, 0.05) is 0 Å². The molecule has 0 amide bonds. The summed E-state index contributed by atoms with van der Waals surface area (Å²) in [5.41, 5.74) is 2.65. The maximum Gasteiger partial charge on any atom is -0.00802 e. The van der Waals surface area contributed by atoms with Gasteiger partial charge in [0.15, 0.2) is 0 Å². The molecule has 0 aromatic rings. The zero-order valence-corrected chi connectivity index (χ0v) is 11.1. The van der Waals surface area contributed by atoms with Crippen LogP contribution in [0.1, 0.15) is 70.6 Å². The van der Waals surface area contributed by atoms with Gasteiger partial charge in [0.25, 0.3) is 0 Å². The van der Waals surface area contributed by atoms with E-state index in [4.69, 9.17) is 0 Å². The summed E-state index contributed by atoms with van der Waals surface area (Å²) in [6.45, 7) is 0. The van der Waals surface area contributed by atoms with Crippen LogP contribution in [0.2, 0.25) is 0 Å². The minimum absolute atomic E-state index is 0.721. The van der Waals surface area contributed by atoms with Crippen LogP contribution in [0.25, 0.3) is 0 Å². The van der Waals surface area contributed by atoms with Gasteiger partial charge in [0.2, 0.25) is 0 Å². The number of hydrogen-bond donors (Lipinski definition) is 0. The first-order valence-electron chi connectivity index (χ1n) is 8.04. The molecule has 0 aromatic carbocycles. The highest BCUT2D eigenvalue weighted by molar-refractivity contribution is 5.21. The molecule has 0 saturated heterocycles. The van der Waals surface area contributed by atoms with E-state index in [2.05, 4.69) is 6.08 Å². The number of hydrogen-bond acceptors (Lipinski definition) is 0. The van der Waals surface area contributed by atoms with Crippen LogP contribution in [-0.2, 0) is 0 Å². The Bertz CT molecular complexity index is 301. The third kappa shape index (κ3) is 1.71. The van der Waals surface area contributed by atoms with Crippen LogP contribution in [0.5, 0.6) is 0 Å². The quantitative estimate of drug-likeness (QED) is 0.550. The predicted molar refractivity (Wildman–Crippen MR) is 71.8 cm³/mol. The van der Waals surface area contributed by atoms with Crippen LogP contribution in [0.3, 0.4) is 0 Å². The fraction of sp³-hybridized carbons (Fsp3) is 0.882. The molecule has 4 saturated carbocycles. The van der Waals surface area contributed by atoms with E-state index in [1.807, 2.05) is 5.57 Å². The summed E-state index contributed by atoms with van der Waals surface area (Å²) in [7, 11) is 0. The average molecular weight is 230 g/mol. The Hall–Kier alpha value is -0.260. The van der Waals surface area contributed by atoms with Gasteiger partial charge in [-0.2, -0.15) is 0 Å². The maximum atomic E-state index is 2.68. The third-order valence-electron chi connectivity index (χ3n) is 6.26. The van der Waals surface area contributed by atoms with E-state index < -0.39 is 0 Å². The molecule has 0 aliphatic heterocycles. The lowest BCUT2D eigenvalue weighted by atomic mass is 9.47. The van der Waals surface area contributed by atoms with E-state index in [-0.39, 0.29) is 0 Å². The first-order valence-corrected chi connectivity index (χ1v) is 8.04. The van der Waals surface area contributed by atoms with Crippen LogP contribution in [-0.4, -0.2) is 0 Å². The van der Waals surface area contributed by atoms with Crippen molar-refractivity contribution in [2.24, 2.45) is 23.2 Å². The molecule has 0 N–H and O–H groups in total. The lowest BCUT2D eigenvalue weighted by Gasteiger charge is -2.58. The smallest absolute Gasteiger partial charge is 0.00802 e. The summed E-state index contributed by atoms with van der Waals surface area (Å²) >= 11 is 0. The molecule has 94 valence electrons. The first kappa shape index (κ1) is 10.6. The predicted octanol–water partition coefficient (Wildman–Crippen LogP) is 5.09. The Morgan fingerprint density at radius 1 is 0.824 bits per heavy atom. The molecule has 0 atom stereocenters. The van der Waals surface area contributed by atoms with Crippen molar-refractivity contribution in [3.05, 3.63) is 11.6 Å². The van der Waals surface area contributed by atoms with Crippen molar-refractivity contribution in [2.75, 3.05) is 0 Å². The lowest BCUT2D eigenvalue weighted by molar-refractivity contribution is -0.0322. The molecule has 4 bridgehead atoms. The number of rotatable bonds is 1. The van der Waals surface area contributed by atoms with Crippen molar-refractivity contribution in [3.8, 4) is 0 Å². The van der Waals surface area contributed by atoms with Gasteiger partial charge in [-0.3, -0.25) is 0 Å². The summed E-state index contributed by atoms with van der Waals surface area (Å²) in [6, 6.07) is 0. The molecular weight excluding hydrogens is 204 g/mol. The van der Waals surface area contributed by atoms with Gasteiger partial charge < -0.3 is 0 Å². The van der Waals surface area contributed by atoms with Gasteiger partial charge in [0.05, 0.1) is 0 Å². The third-order valence-corrected chi connectivity index (χ3v) is 6.26. The molecule has 4 fully saturated rings. The molecule has 0 heteroatoms. The minimum atomic E-state index is 0.721. The molecule has 0 nitrogen and oxygen atoms in total. The van der Waals surface area contributed by atoms with E-state index >= 15 is 0 Å². The maximum absolute atomic E-state index is 2.68. The Morgan fingerprint density at radius 2 is 1.47 bits per heavy atom. The summed E-state index contributed by atoms with van der Waals surface area (Å²) in [4.78, 5) is 0. The normalized spacial score (nSPS) is 48.9.